The number of carbonyl (C=O) groups excluding carboxylic acids is 1. The van der Waals surface area contributed by atoms with E-state index < -0.39 is 0 Å². The smallest absolute Gasteiger partial charge is 0.273 e. The number of aromatic nitrogens is 3. The second-order valence-electron chi connectivity index (χ2n) is 5.21. The van der Waals surface area contributed by atoms with Crippen LogP contribution in [0.15, 0.2) is 4.79 Å². The molecular formula is C13H20N4O2S. The molecule has 0 aliphatic heterocycles. The highest BCUT2D eigenvalue weighted by atomic mass is 32.1. The Kier molecular flexibility index (Phi) is 5.46. The summed E-state index contributed by atoms with van der Waals surface area (Å²) in [7, 11) is 0. The van der Waals surface area contributed by atoms with Gasteiger partial charge in [0.2, 0.25) is 5.91 Å². The van der Waals surface area contributed by atoms with E-state index in [2.05, 4.69) is 20.5 Å². The van der Waals surface area contributed by atoms with Crippen LogP contribution in [0.4, 0.5) is 0 Å². The molecule has 1 aromatic rings. The van der Waals surface area contributed by atoms with E-state index in [9.17, 15) is 9.59 Å². The van der Waals surface area contributed by atoms with Crippen molar-refractivity contribution in [3.63, 3.8) is 0 Å². The van der Waals surface area contributed by atoms with Crippen LogP contribution in [0, 0.1) is 4.77 Å². The number of aryl methyl sites for hydroxylation is 1. The third-order valence-electron chi connectivity index (χ3n) is 3.59. The summed E-state index contributed by atoms with van der Waals surface area (Å²) in [5, 5.41) is 9.44. The topological polar surface area (TPSA) is 90.6 Å². The molecule has 0 bridgehead atoms. The van der Waals surface area contributed by atoms with Crippen LogP contribution in [0.3, 0.4) is 0 Å². The molecule has 1 aromatic heterocycles. The van der Waals surface area contributed by atoms with E-state index in [-0.39, 0.29) is 28.7 Å². The number of H-pyrrole nitrogens is 2. The Balaban J connectivity index is 1.82. The largest absolute Gasteiger partial charge is 0.353 e. The molecule has 0 aromatic carbocycles. The van der Waals surface area contributed by atoms with E-state index >= 15 is 0 Å². The number of aromatic amines is 2. The van der Waals surface area contributed by atoms with Crippen molar-refractivity contribution in [2.24, 2.45) is 0 Å². The number of carbonyl (C=O) groups is 1. The molecule has 0 radical (unpaired) electrons. The summed E-state index contributed by atoms with van der Waals surface area (Å²) < 4.78 is 0.196. The molecule has 110 valence electrons. The van der Waals surface area contributed by atoms with E-state index in [1.54, 1.807) is 0 Å². The summed E-state index contributed by atoms with van der Waals surface area (Å²) in [6.45, 7) is 0. The molecule has 1 aliphatic rings. The first-order valence-electron chi connectivity index (χ1n) is 7.12. The Labute approximate surface area is 122 Å². The second kappa shape index (κ2) is 7.33. The van der Waals surface area contributed by atoms with Gasteiger partial charge in [-0.25, -0.2) is 0 Å². The van der Waals surface area contributed by atoms with Gasteiger partial charge in [-0.15, -0.1) is 0 Å². The van der Waals surface area contributed by atoms with Crippen LogP contribution in [0.1, 0.15) is 50.6 Å². The first-order chi connectivity index (χ1) is 9.65. The lowest BCUT2D eigenvalue weighted by atomic mass is 10.1. The molecule has 7 heteroatoms. The number of nitrogens with zero attached hydrogens (tertiary/aromatic N) is 1. The minimum Gasteiger partial charge on any atom is -0.353 e. The maximum Gasteiger partial charge on any atom is 0.273 e. The Bertz CT molecular complexity index is 558. The fourth-order valence-electron chi connectivity index (χ4n) is 2.50. The van der Waals surface area contributed by atoms with Crippen LogP contribution in [0.25, 0.3) is 0 Å². The SMILES string of the molecule is O=C(CCc1n[nH]c(=S)[nH]c1=O)NC1CCCCCC1. The van der Waals surface area contributed by atoms with Crippen LogP contribution < -0.4 is 10.9 Å². The fraction of sp³-hybridized carbons (Fsp3) is 0.692. The van der Waals surface area contributed by atoms with Crippen molar-refractivity contribution < 1.29 is 4.79 Å². The molecule has 1 saturated carbocycles. The summed E-state index contributed by atoms with van der Waals surface area (Å²) in [4.78, 5) is 25.9. The number of rotatable bonds is 4. The summed E-state index contributed by atoms with van der Waals surface area (Å²) in [6.07, 6.45) is 7.59. The fourth-order valence-corrected chi connectivity index (χ4v) is 2.64. The van der Waals surface area contributed by atoms with Gasteiger partial charge in [0.1, 0.15) is 5.69 Å². The van der Waals surface area contributed by atoms with Crippen molar-refractivity contribution in [1.82, 2.24) is 20.5 Å². The minimum absolute atomic E-state index is 0.0134. The highest BCUT2D eigenvalue weighted by Gasteiger charge is 2.15. The van der Waals surface area contributed by atoms with Crippen LogP contribution in [-0.4, -0.2) is 27.1 Å². The molecule has 0 spiro atoms. The quantitative estimate of drug-likeness (QED) is 0.581. The van der Waals surface area contributed by atoms with Crippen LogP contribution in [0.5, 0.6) is 0 Å². The summed E-state index contributed by atoms with van der Waals surface area (Å²) in [6, 6.07) is 0.290. The van der Waals surface area contributed by atoms with E-state index in [4.69, 9.17) is 12.2 Å². The lowest BCUT2D eigenvalue weighted by Gasteiger charge is -2.15. The van der Waals surface area contributed by atoms with Gasteiger partial charge < -0.3 is 5.32 Å². The molecule has 1 amide bonds. The standard InChI is InChI=1S/C13H20N4O2S/c18-11(14-9-5-3-1-2-4-6-9)8-7-10-12(19)15-13(20)17-16-10/h9H,1-8H2,(H,14,18)(H2,15,17,19,20). The lowest BCUT2D eigenvalue weighted by Crippen LogP contribution is -2.34. The molecule has 20 heavy (non-hydrogen) atoms. The zero-order valence-electron chi connectivity index (χ0n) is 11.4. The molecule has 1 fully saturated rings. The Hall–Kier alpha value is -1.50. The van der Waals surface area contributed by atoms with Gasteiger partial charge in [0.15, 0.2) is 4.77 Å². The number of nitrogens with one attached hydrogen (secondary N) is 3. The second-order valence-corrected chi connectivity index (χ2v) is 5.62. The Morgan fingerprint density at radius 2 is 2.00 bits per heavy atom. The summed E-state index contributed by atoms with van der Waals surface area (Å²) in [5.41, 5.74) is -0.00867. The zero-order chi connectivity index (χ0) is 14.4. The normalized spacial score (nSPS) is 16.6. The van der Waals surface area contributed by atoms with E-state index in [1.807, 2.05) is 0 Å². The molecule has 0 atom stereocenters. The van der Waals surface area contributed by atoms with Gasteiger partial charge in [0.05, 0.1) is 0 Å². The van der Waals surface area contributed by atoms with E-state index in [0.29, 0.717) is 12.1 Å². The Morgan fingerprint density at radius 3 is 2.65 bits per heavy atom. The number of hydrogen-bond acceptors (Lipinski definition) is 4. The van der Waals surface area contributed by atoms with Crippen molar-refractivity contribution in [1.29, 1.82) is 0 Å². The van der Waals surface area contributed by atoms with Crippen molar-refractivity contribution >= 4 is 18.1 Å². The first-order valence-corrected chi connectivity index (χ1v) is 7.53. The van der Waals surface area contributed by atoms with Gasteiger partial charge >= 0.3 is 0 Å². The van der Waals surface area contributed by atoms with Crippen molar-refractivity contribution in [2.45, 2.75) is 57.4 Å². The molecule has 2 rings (SSSR count). The van der Waals surface area contributed by atoms with Gasteiger partial charge in [-0.05, 0) is 25.1 Å². The maximum atomic E-state index is 11.9. The molecule has 1 heterocycles. The first kappa shape index (κ1) is 14.9. The van der Waals surface area contributed by atoms with Crippen molar-refractivity contribution in [2.75, 3.05) is 0 Å². The maximum absolute atomic E-state index is 11.9. The summed E-state index contributed by atoms with van der Waals surface area (Å²) >= 11 is 4.76. The van der Waals surface area contributed by atoms with Crippen molar-refractivity contribution in [3.05, 3.63) is 20.8 Å². The average Bonchev–Trinajstić information content (AvgIpc) is 2.66. The van der Waals surface area contributed by atoms with E-state index in [1.165, 1.54) is 25.7 Å². The van der Waals surface area contributed by atoms with Gasteiger partial charge in [0.25, 0.3) is 5.56 Å². The highest BCUT2D eigenvalue weighted by molar-refractivity contribution is 7.71. The van der Waals surface area contributed by atoms with Gasteiger partial charge in [0, 0.05) is 18.9 Å². The monoisotopic (exact) mass is 296 g/mol. The lowest BCUT2D eigenvalue weighted by molar-refractivity contribution is -0.121. The highest BCUT2D eigenvalue weighted by Crippen LogP contribution is 2.17. The third-order valence-corrected chi connectivity index (χ3v) is 3.78. The van der Waals surface area contributed by atoms with E-state index in [0.717, 1.165) is 12.8 Å². The number of hydrogen-bond donors (Lipinski definition) is 3. The van der Waals surface area contributed by atoms with Crippen molar-refractivity contribution in [3.8, 4) is 0 Å². The van der Waals surface area contributed by atoms with Gasteiger partial charge in [-0.2, -0.15) is 5.10 Å². The molecule has 0 unspecified atom stereocenters. The molecule has 6 nitrogen and oxygen atoms in total. The molecule has 1 aliphatic carbocycles. The predicted molar refractivity (Wildman–Crippen MR) is 78.0 cm³/mol. The average molecular weight is 296 g/mol. The molecular weight excluding hydrogens is 276 g/mol. The van der Waals surface area contributed by atoms with Gasteiger partial charge in [-0.1, -0.05) is 25.7 Å². The van der Waals surface area contributed by atoms with Crippen LogP contribution in [-0.2, 0) is 11.2 Å². The molecule has 3 N–H and O–H groups in total. The summed E-state index contributed by atoms with van der Waals surface area (Å²) in [5.74, 6) is -0.0134. The third kappa shape index (κ3) is 4.56. The van der Waals surface area contributed by atoms with Gasteiger partial charge in [-0.3, -0.25) is 19.7 Å². The molecule has 0 saturated heterocycles. The number of amides is 1. The predicted octanol–water partition coefficient (Wildman–Crippen LogP) is 1.60. The van der Waals surface area contributed by atoms with Crippen LogP contribution in [0.2, 0.25) is 0 Å². The Morgan fingerprint density at radius 1 is 1.30 bits per heavy atom. The minimum atomic E-state index is -0.323. The van der Waals surface area contributed by atoms with Crippen LogP contribution >= 0.6 is 12.2 Å². The zero-order valence-corrected chi connectivity index (χ0v) is 12.2.